The van der Waals surface area contributed by atoms with Crippen molar-refractivity contribution in [2.75, 3.05) is 4.72 Å². The van der Waals surface area contributed by atoms with Gasteiger partial charge in [-0.15, -0.1) is 0 Å². The second-order valence-corrected chi connectivity index (χ2v) is 7.12. The van der Waals surface area contributed by atoms with Gasteiger partial charge >= 0.3 is 0 Å². The number of halogens is 2. The number of aromatic nitrogens is 1. The molecule has 0 spiro atoms. The molecular weight excluding hydrogens is 364 g/mol. The highest BCUT2D eigenvalue weighted by atomic mass is 79.9. The topological polar surface area (TPSA) is 59.1 Å². The number of aryl methyl sites for hydroxylation is 2. The molecule has 0 atom stereocenters. The third-order valence-electron chi connectivity index (χ3n) is 2.70. The highest BCUT2D eigenvalue weighted by Gasteiger charge is 2.19. The fraction of sp³-hybridized carbons (Fsp3) is 0.154. The highest BCUT2D eigenvalue weighted by Crippen LogP contribution is 2.27. The van der Waals surface area contributed by atoms with E-state index in [-0.39, 0.29) is 10.0 Å². The first-order valence-electron chi connectivity index (χ1n) is 5.71. The van der Waals surface area contributed by atoms with E-state index in [0.717, 1.165) is 15.6 Å². The number of nitrogens with one attached hydrogen (secondary N) is 1. The molecule has 0 saturated heterocycles. The van der Waals surface area contributed by atoms with Gasteiger partial charge in [0, 0.05) is 16.4 Å². The van der Waals surface area contributed by atoms with E-state index in [2.05, 4.69) is 25.6 Å². The van der Waals surface area contributed by atoms with E-state index < -0.39 is 10.0 Å². The van der Waals surface area contributed by atoms with Crippen LogP contribution in [-0.4, -0.2) is 13.4 Å². The summed E-state index contributed by atoms with van der Waals surface area (Å²) in [6.45, 7) is 3.79. The summed E-state index contributed by atoms with van der Waals surface area (Å²) in [6.07, 6.45) is 1.44. The molecule has 2 rings (SSSR count). The first-order chi connectivity index (χ1) is 9.31. The summed E-state index contributed by atoms with van der Waals surface area (Å²) < 4.78 is 28.0. The molecule has 1 aromatic heterocycles. The van der Waals surface area contributed by atoms with E-state index in [1.54, 1.807) is 12.1 Å². The van der Waals surface area contributed by atoms with Crippen LogP contribution in [0.3, 0.4) is 0 Å². The Morgan fingerprint density at radius 1 is 1.25 bits per heavy atom. The van der Waals surface area contributed by atoms with E-state index in [1.807, 2.05) is 13.8 Å². The van der Waals surface area contributed by atoms with Crippen LogP contribution in [0, 0.1) is 13.8 Å². The van der Waals surface area contributed by atoms with Crippen molar-refractivity contribution in [2.24, 2.45) is 0 Å². The smallest absolute Gasteiger partial charge is 0.264 e. The number of pyridine rings is 1. The maximum Gasteiger partial charge on any atom is 0.264 e. The average molecular weight is 376 g/mol. The lowest BCUT2D eigenvalue weighted by molar-refractivity contribution is 0.601. The molecule has 20 heavy (non-hydrogen) atoms. The Labute approximate surface area is 131 Å². The second-order valence-electron chi connectivity index (χ2n) is 4.32. The quantitative estimate of drug-likeness (QED) is 0.827. The predicted molar refractivity (Wildman–Crippen MR) is 83.7 cm³/mol. The molecule has 0 bridgehead atoms. The Bertz CT molecular complexity index is 740. The lowest BCUT2D eigenvalue weighted by Crippen LogP contribution is -2.14. The fourth-order valence-corrected chi connectivity index (χ4v) is 3.51. The number of sulfonamides is 1. The molecular formula is C13H12BrClN2O2S. The third-order valence-corrected chi connectivity index (χ3v) is 5.78. The minimum Gasteiger partial charge on any atom is -0.280 e. The third kappa shape index (κ3) is 3.13. The molecule has 0 aliphatic heterocycles. The summed E-state index contributed by atoms with van der Waals surface area (Å²) in [5.74, 6) is 0. The molecule has 1 N–H and O–H groups in total. The van der Waals surface area contributed by atoms with Crippen molar-refractivity contribution in [3.05, 3.63) is 51.2 Å². The van der Waals surface area contributed by atoms with Gasteiger partial charge in [-0.2, -0.15) is 0 Å². The van der Waals surface area contributed by atoms with Crippen molar-refractivity contribution in [1.82, 2.24) is 4.98 Å². The summed E-state index contributed by atoms with van der Waals surface area (Å²) in [5.41, 5.74) is 2.38. The fourth-order valence-electron chi connectivity index (χ4n) is 1.79. The Kier molecular flexibility index (Phi) is 4.36. The molecule has 0 aliphatic carbocycles. The standard InChI is InChI=1S/C13H12BrClN2O2S/c1-8-6-10(7-9(2)12(8)14)17-20(18,19)11-4-3-5-16-13(11)15/h3-7,17H,1-2H3. The molecule has 106 valence electrons. The average Bonchev–Trinajstić information content (AvgIpc) is 2.35. The number of anilines is 1. The molecule has 0 aliphatic rings. The predicted octanol–water partition coefficient (Wildman–Crippen LogP) is 3.92. The van der Waals surface area contributed by atoms with Crippen LogP contribution in [0.25, 0.3) is 0 Å². The number of hydrogen-bond acceptors (Lipinski definition) is 3. The van der Waals surface area contributed by atoms with Crippen molar-refractivity contribution in [3.63, 3.8) is 0 Å². The van der Waals surface area contributed by atoms with Crippen LogP contribution in [0.2, 0.25) is 5.15 Å². The number of rotatable bonds is 3. The molecule has 2 aromatic rings. The SMILES string of the molecule is Cc1cc(NS(=O)(=O)c2cccnc2Cl)cc(C)c1Br. The summed E-state index contributed by atoms with van der Waals surface area (Å²) in [7, 11) is -3.75. The van der Waals surface area contributed by atoms with Gasteiger partial charge < -0.3 is 0 Å². The minimum atomic E-state index is -3.75. The molecule has 7 heteroatoms. The first kappa shape index (κ1) is 15.3. The molecule has 4 nitrogen and oxygen atoms in total. The van der Waals surface area contributed by atoms with Crippen LogP contribution in [0.5, 0.6) is 0 Å². The van der Waals surface area contributed by atoms with E-state index in [9.17, 15) is 8.42 Å². The zero-order valence-corrected chi connectivity index (χ0v) is 14.0. The molecule has 1 heterocycles. The summed E-state index contributed by atoms with van der Waals surface area (Å²) in [5, 5.41) is -0.0504. The minimum absolute atomic E-state index is 0.0418. The Morgan fingerprint density at radius 3 is 2.40 bits per heavy atom. The summed E-state index contributed by atoms with van der Waals surface area (Å²) in [4.78, 5) is 3.73. The number of benzene rings is 1. The Hall–Kier alpha value is -1.11. The largest absolute Gasteiger partial charge is 0.280 e. The molecule has 0 saturated carbocycles. The van der Waals surface area contributed by atoms with Crippen LogP contribution in [0.15, 0.2) is 39.8 Å². The van der Waals surface area contributed by atoms with Gasteiger partial charge in [0.2, 0.25) is 0 Å². The maximum absolute atomic E-state index is 12.3. The van der Waals surface area contributed by atoms with Crippen LogP contribution in [0.4, 0.5) is 5.69 Å². The van der Waals surface area contributed by atoms with E-state index in [1.165, 1.54) is 18.3 Å². The van der Waals surface area contributed by atoms with Crippen LogP contribution in [-0.2, 0) is 10.0 Å². The van der Waals surface area contributed by atoms with Gasteiger partial charge in [-0.25, -0.2) is 13.4 Å². The van der Waals surface area contributed by atoms with E-state index >= 15 is 0 Å². The Balaban J connectivity index is 2.42. The molecule has 0 radical (unpaired) electrons. The van der Waals surface area contributed by atoms with Gasteiger partial charge in [-0.05, 0) is 49.2 Å². The van der Waals surface area contributed by atoms with Crippen LogP contribution < -0.4 is 4.72 Å². The molecule has 1 aromatic carbocycles. The van der Waals surface area contributed by atoms with Crippen molar-refractivity contribution in [3.8, 4) is 0 Å². The van der Waals surface area contributed by atoms with Crippen LogP contribution in [0.1, 0.15) is 11.1 Å². The lowest BCUT2D eigenvalue weighted by Gasteiger charge is -2.11. The zero-order valence-electron chi connectivity index (χ0n) is 10.8. The zero-order chi connectivity index (χ0) is 14.9. The summed E-state index contributed by atoms with van der Waals surface area (Å²) >= 11 is 9.27. The molecule has 0 unspecified atom stereocenters. The van der Waals surface area contributed by atoms with Crippen molar-refractivity contribution in [2.45, 2.75) is 18.7 Å². The molecule has 0 amide bonds. The number of nitrogens with zero attached hydrogens (tertiary/aromatic N) is 1. The maximum atomic E-state index is 12.3. The van der Waals surface area contributed by atoms with Crippen molar-refractivity contribution >= 4 is 43.2 Å². The van der Waals surface area contributed by atoms with Gasteiger partial charge in [0.05, 0.1) is 0 Å². The van der Waals surface area contributed by atoms with Gasteiger partial charge in [0.15, 0.2) is 0 Å². The monoisotopic (exact) mass is 374 g/mol. The highest BCUT2D eigenvalue weighted by molar-refractivity contribution is 9.10. The normalized spacial score (nSPS) is 11.4. The van der Waals surface area contributed by atoms with Gasteiger partial charge in [0.25, 0.3) is 10.0 Å². The van der Waals surface area contributed by atoms with Crippen LogP contribution >= 0.6 is 27.5 Å². The van der Waals surface area contributed by atoms with Gasteiger partial charge in [0.1, 0.15) is 10.0 Å². The van der Waals surface area contributed by atoms with Crippen molar-refractivity contribution < 1.29 is 8.42 Å². The Morgan fingerprint density at radius 2 is 1.85 bits per heavy atom. The second kappa shape index (κ2) is 5.71. The van der Waals surface area contributed by atoms with Gasteiger partial charge in [-0.1, -0.05) is 27.5 Å². The van der Waals surface area contributed by atoms with Gasteiger partial charge in [-0.3, -0.25) is 4.72 Å². The van der Waals surface area contributed by atoms with E-state index in [0.29, 0.717) is 5.69 Å². The first-order valence-corrected chi connectivity index (χ1v) is 8.37. The van der Waals surface area contributed by atoms with E-state index in [4.69, 9.17) is 11.6 Å². The lowest BCUT2D eigenvalue weighted by atomic mass is 10.1. The summed E-state index contributed by atoms with van der Waals surface area (Å²) in [6, 6.07) is 6.44. The van der Waals surface area contributed by atoms with Crippen molar-refractivity contribution in [1.29, 1.82) is 0 Å². The number of hydrogen-bond donors (Lipinski definition) is 1. The molecule has 0 fully saturated rings.